The minimum absolute atomic E-state index is 0.0134. The van der Waals surface area contributed by atoms with E-state index in [-0.39, 0.29) is 23.3 Å². The number of carbonyl (C=O) groups is 1. The quantitative estimate of drug-likeness (QED) is 0.863. The van der Waals surface area contributed by atoms with Crippen LogP contribution in [0, 0.1) is 19.8 Å². The smallest absolute Gasteiger partial charge is 0.256 e. The molecule has 2 heterocycles. The second-order valence-electron chi connectivity index (χ2n) is 4.68. The van der Waals surface area contributed by atoms with Gasteiger partial charge < -0.3 is 9.84 Å². The molecule has 2 rings (SSSR count). The molecule has 7 heteroatoms. The summed E-state index contributed by atoms with van der Waals surface area (Å²) in [5, 5.41) is 6.45. The number of nitrogens with zero attached hydrogens (tertiary/aromatic N) is 1. The van der Waals surface area contributed by atoms with Crippen molar-refractivity contribution >= 4 is 15.7 Å². The highest BCUT2D eigenvalue weighted by Gasteiger charge is 2.28. The normalized spacial score (nSPS) is 22.0. The Balaban J connectivity index is 1.94. The first-order chi connectivity index (χ1) is 8.39. The van der Waals surface area contributed by atoms with Gasteiger partial charge in [-0.15, -0.1) is 0 Å². The van der Waals surface area contributed by atoms with Crippen LogP contribution in [-0.4, -0.2) is 37.5 Å². The number of hydrogen-bond donors (Lipinski definition) is 1. The summed E-state index contributed by atoms with van der Waals surface area (Å²) in [6.07, 6.45) is 0.615. The molecule has 0 bridgehead atoms. The fourth-order valence-electron chi connectivity index (χ4n) is 2.17. The van der Waals surface area contributed by atoms with Crippen molar-refractivity contribution < 1.29 is 17.7 Å². The highest BCUT2D eigenvalue weighted by molar-refractivity contribution is 7.91. The summed E-state index contributed by atoms with van der Waals surface area (Å²) in [7, 11) is -2.90. The number of nitrogens with one attached hydrogen (secondary N) is 1. The molecule has 1 aliphatic rings. The third-order valence-corrected chi connectivity index (χ3v) is 4.98. The van der Waals surface area contributed by atoms with Gasteiger partial charge in [-0.1, -0.05) is 5.16 Å². The minimum atomic E-state index is -2.90. The molecule has 0 spiro atoms. The van der Waals surface area contributed by atoms with Gasteiger partial charge in [-0.05, 0) is 26.2 Å². The zero-order valence-corrected chi connectivity index (χ0v) is 11.2. The summed E-state index contributed by atoms with van der Waals surface area (Å²) in [4.78, 5) is 11.9. The second-order valence-corrected chi connectivity index (χ2v) is 6.91. The van der Waals surface area contributed by atoms with Crippen LogP contribution in [0.3, 0.4) is 0 Å². The van der Waals surface area contributed by atoms with E-state index in [9.17, 15) is 13.2 Å². The molecule has 0 aliphatic carbocycles. The van der Waals surface area contributed by atoms with Crippen LogP contribution >= 0.6 is 0 Å². The van der Waals surface area contributed by atoms with Gasteiger partial charge in [0.05, 0.1) is 17.2 Å². The molecule has 18 heavy (non-hydrogen) atoms. The number of aryl methyl sites for hydroxylation is 2. The summed E-state index contributed by atoms with van der Waals surface area (Å²) in [6, 6.07) is 0. The Kier molecular flexibility index (Phi) is 3.43. The molecule has 1 atom stereocenters. The van der Waals surface area contributed by atoms with E-state index in [1.54, 1.807) is 13.8 Å². The Morgan fingerprint density at radius 3 is 2.72 bits per heavy atom. The van der Waals surface area contributed by atoms with E-state index >= 15 is 0 Å². The number of sulfone groups is 1. The lowest BCUT2D eigenvalue weighted by molar-refractivity contribution is 0.0946. The highest BCUT2D eigenvalue weighted by atomic mass is 32.2. The number of carbonyl (C=O) groups excluding carboxylic acids is 1. The van der Waals surface area contributed by atoms with Gasteiger partial charge in [0.2, 0.25) is 0 Å². The fourth-order valence-corrected chi connectivity index (χ4v) is 4.03. The first-order valence-corrected chi connectivity index (χ1v) is 7.62. The Bertz CT molecular complexity index is 542. The van der Waals surface area contributed by atoms with Crippen molar-refractivity contribution in [3.8, 4) is 0 Å². The SMILES string of the molecule is Cc1noc(C)c1C(=O)NCC1CCS(=O)(=O)C1. The number of hydrogen-bond acceptors (Lipinski definition) is 5. The standard InChI is InChI=1S/C11H16N2O4S/c1-7-10(8(2)17-13-7)11(14)12-5-9-3-4-18(15,16)6-9/h9H,3-6H2,1-2H3,(H,12,14). The molecule has 1 aliphatic heterocycles. The summed E-state index contributed by atoms with van der Waals surface area (Å²) in [6.45, 7) is 3.75. The van der Waals surface area contributed by atoms with E-state index in [4.69, 9.17) is 4.52 Å². The summed E-state index contributed by atoms with van der Waals surface area (Å²) in [5.41, 5.74) is 0.986. The Morgan fingerprint density at radius 1 is 1.50 bits per heavy atom. The maximum Gasteiger partial charge on any atom is 0.256 e. The lowest BCUT2D eigenvalue weighted by Crippen LogP contribution is -2.30. The molecular weight excluding hydrogens is 256 g/mol. The average molecular weight is 272 g/mol. The molecule has 0 saturated carbocycles. The summed E-state index contributed by atoms with van der Waals surface area (Å²) in [5.74, 6) is 0.618. The van der Waals surface area contributed by atoms with Gasteiger partial charge in [0, 0.05) is 6.54 Å². The van der Waals surface area contributed by atoms with Gasteiger partial charge in [-0.3, -0.25) is 4.79 Å². The van der Waals surface area contributed by atoms with Gasteiger partial charge in [0.15, 0.2) is 9.84 Å². The molecule has 1 aromatic rings. The van der Waals surface area contributed by atoms with Crippen molar-refractivity contribution in [2.45, 2.75) is 20.3 Å². The molecule has 1 amide bonds. The van der Waals surface area contributed by atoms with Crippen LogP contribution in [0.25, 0.3) is 0 Å². The van der Waals surface area contributed by atoms with E-state index < -0.39 is 9.84 Å². The lowest BCUT2D eigenvalue weighted by Gasteiger charge is -2.09. The van der Waals surface area contributed by atoms with Gasteiger partial charge in [0.25, 0.3) is 5.91 Å². The summed E-state index contributed by atoms with van der Waals surface area (Å²) >= 11 is 0. The van der Waals surface area contributed by atoms with Crippen LogP contribution in [0.2, 0.25) is 0 Å². The molecule has 1 fully saturated rings. The van der Waals surface area contributed by atoms with Crippen LogP contribution in [0.1, 0.15) is 28.2 Å². The van der Waals surface area contributed by atoms with Crippen molar-refractivity contribution in [2.24, 2.45) is 5.92 Å². The van der Waals surface area contributed by atoms with E-state index in [1.165, 1.54) is 0 Å². The topological polar surface area (TPSA) is 89.3 Å². The monoisotopic (exact) mass is 272 g/mol. The molecule has 100 valence electrons. The number of aromatic nitrogens is 1. The number of rotatable bonds is 3. The molecule has 6 nitrogen and oxygen atoms in total. The zero-order chi connectivity index (χ0) is 13.3. The molecular formula is C11H16N2O4S. The van der Waals surface area contributed by atoms with Crippen LogP contribution in [0.4, 0.5) is 0 Å². The maximum atomic E-state index is 11.9. The maximum absolute atomic E-state index is 11.9. The van der Waals surface area contributed by atoms with Crippen LogP contribution in [0.15, 0.2) is 4.52 Å². The van der Waals surface area contributed by atoms with Crippen molar-refractivity contribution in [3.63, 3.8) is 0 Å². The third-order valence-electron chi connectivity index (χ3n) is 3.14. The predicted molar refractivity (Wildman–Crippen MR) is 65.1 cm³/mol. The molecule has 0 aromatic carbocycles. The summed E-state index contributed by atoms with van der Waals surface area (Å²) < 4.78 is 27.5. The Hall–Kier alpha value is -1.37. The Morgan fingerprint density at radius 2 is 2.22 bits per heavy atom. The van der Waals surface area contributed by atoms with Gasteiger partial charge in [0.1, 0.15) is 11.3 Å². The molecule has 1 aromatic heterocycles. The first-order valence-electron chi connectivity index (χ1n) is 5.80. The predicted octanol–water partition coefficient (Wildman–Crippen LogP) is 0.456. The van der Waals surface area contributed by atoms with Crippen LogP contribution in [-0.2, 0) is 9.84 Å². The van der Waals surface area contributed by atoms with Gasteiger partial charge in [-0.25, -0.2) is 8.42 Å². The van der Waals surface area contributed by atoms with E-state index in [2.05, 4.69) is 10.5 Å². The lowest BCUT2D eigenvalue weighted by atomic mass is 10.1. The average Bonchev–Trinajstić information content (AvgIpc) is 2.79. The van der Waals surface area contributed by atoms with Crippen LogP contribution < -0.4 is 5.32 Å². The fraction of sp³-hybridized carbons (Fsp3) is 0.636. The molecule has 1 saturated heterocycles. The van der Waals surface area contributed by atoms with Crippen LogP contribution in [0.5, 0.6) is 0 Å². The van der Waals surface area contributed by atoms with Crippen molar-refractivity contribution in [3.05, 3.63) is 17.0 Å². The third kappa shape index (κ3) is 2.72. The molecule has 0 radical (unpaired) electrons. The van der Waals surface area contributed by atoms with Gasteiger partial charge >= 0.3 is 0 Å². The highest BCUT2D eigenvalue weighted by Crippen LogP contribution is 2.18. The molecule has 1 N–H and O–H groups in total. The van der Waals surface area contributed by atoms with Crippen molar-refractivity contribution in [1.82, 2.24) is 10.5 Å². The second kappa shape index (κ2) is 4.72. The van der Waals surface area contributed by atoms with E-state index in [1.807, 2.05) is 0 Å². The zero-order valence-electron chi connectivity index (χ0n) is 10.4. The van der Waals surface area contributed by atoms with Crippen molar-refractivity contribution in [2.75, 3.05) is 18.1 Å². The van der Waals surface area contributed by atoms with Gasteiger partial charge in [-0.2, -0.15) is 0 Å². The largest absolute Gasteiger partial charge is 0.361 e. The Labute approximate surface area is 106 Å². The number of amides is 1. The molecule has 1 unspecified atom stereocenters. The minimum Gasteiger partial charge on any atom is -0.361 e. The van der Waals surface area contributed by atoms with E-state index in [0.29, 0.717) is 30.0 Å². The van der Waals surface area contributed by atoms with Crippen molar-refractivity contribution in [1.29, 1.82) is 0 Å². The first kappa shape index (κ1) is 13.1. The van der Waals surface area contributed by atoms with E-state index in [0.717, 1.165) is 0 Å².